The molecule has 0 amide bonds. The number of aryl methyl sites for hydroxylation is 1. The Bertz CT molecular complexity index is 347. The van der Waals surface area contributed by atoms with Crippen molar-refractivity contribution in [2.24, 2.45) is 0 Å². The first-order valence-electron chi connectivity index (χ1n) is 5.04. The van der Waals surface area contributed by atoms with Crippen molar-refractivity contribution in [3.8, 4) is 0 Å². The zero-order valence-electron chi connectivity index (χ0n) is 9.05. The molecule has 0 heterocycles. The minimum Gasteiger partial charge on any atom is -0.466 e. The van der Waals surface area contributed by atoms with E-state index in [1.165, 1.54) is 6.07 Å². The van der Waals surface area contributed by atoms with Gasteiger partial charge in [0.25, 0.3) is 0 Å². The van der Waals surface area contributed by atoms with Gasteiger partial charge in [0.15, 0.2) is 0 Å². The molecule has 0 aromatic heterocycles. The molecule has 0 N–H and O–H groups in total. The fraction of sp³-hybridized carbons (Fsp3) is 0.417. The number of benzene rings is 1. The van der Waals surface area contributed by atoms with Crippen LogP contribution in [0.2, 0.25) is 0 Å². The number of carbonyl (C=O) groups is 1. The van der Waals surface area contributed by atoms with E-state index in [0.29, 0.717) is 25.0 Å². The van der Waals surface area contributed by atoms with E-state index in [1.807, 2.05) is 6.07 Å². The molecule has 82 valence electrons. The molecule has 0 fully saturated rings. The van der Waals surface area contributed by atoms with Crippen LogP contribution in [0.3, 0.4) is 0 Å². The topological polar surface area (TPSA) is 26.3 Å². The smallest absolute Gasteiger partial charge is 0.306 e. The van der Waals surface area contributed by atoms with E-state index in [0.717, 1.165) is 5.56 Å². The molecule has 0 unspecified atom stereocenters. The molecule has 0 aliphatic heterocycles. The molecule has 1 rings (SSSR count). The number of ether oxygens (including phenoxy) is 1. The fourth-order valence-corrected chi connectivity index (χ4v) is 1.39. The molecule has 0 saturated heterocycles. The monoisotopic (exact) mass is 210 g/mol. The third kappa shape index (κ3) is 3.35. The van der Waals surface area contributed by atoms with Crippen molar-refractivity contribution in [2.45, 2.75) is 26.7 Å². The summed E-state index contributed by atoms with van der Waals surface area (Å²) in [6, 6.07) is 4.91. The van der Waals surface area contributed by atoms with Gasteiger partial charge in [-0.2, -0.15) is 0 Å². The van der Waals surface area contributed by atoms with Crippen molar-refractivity contribution in [1.29, 1.82) is 0 Å². The largest absolute Gasteiger partial charge is 0.466 e. The van der Waals surface area contributed by atoms with E-state index in [2.05, 4.69) is 0 Å². The van der Waals surface area contributed by atoms with E-state index < -0.39 is 0 Å². The first kappa shape index (κ1) is 11.7. The number of hydrogen-bond donors (Lipinski definition) is 0. The van der Waals surface area contributed by atoms with E-state index >= 15 is 0 Å². The Balaban J connectivity index is 2.58. The summed E-state index contributed by atoms with van der Waals surface area (Å²) in [4.78, 5) is 11.1. The van der Waals surface area contributed by atoms with E-state index in [4.69, 9.17) is 4.74 Å². The quantitative estimate of drug-likeness (QED) is 0.714. The molecule has 0 saturated carbocycles. The van der Waals surface area contributed by atoms with Crippen LogP contribution in [0.4, 0.5) is 4.39 Å². The average Bonchev–Trinajstić information content (AvgIpc) is 2.21. The fourth-order valence-electron chi connectivity index (χ4n) is 1.39. The molecule has 1 aromatic carbocycles. The standard InChI is InChI=1S/C12H15FO2/c1-3-15-12(14)8-7-10-5-4-6-11(13)9(10)2/h4-6H,3,7-8H2,1-2H3. The van der Waals surface area contributed by atoms with Crippen molar-refractivity contribution in [1.82, 2.24) is 0 Å². The van der Waals surface area contributed by atoms with Gasteiger partial charge in [-0.1, -0.05) is 12.1 Å². The van der Waals surface area contributed by atoms with Gasteiger partial charge in [-0.05, 0) is 37.5 Å². The Hall–Kier alpha value is -1.38. The highest BCUT2D eigenvalue weighted by molar-refractivity contribution is 5.69. The van der Waals surface area contributed by atoms with Gasteiger partial charge in [-0.3, -0.25) is 4.79 Å². The molecule has 0 atom stereocenters. The van der Waals surface area contributed by atoms with Crippen LogP contribution in [0.25, 0.3) is 0 Å². The van der Waals surface area contributed by atoms with E-state index in [-0.39, 0.29) is 11.8 Å². The summed E-state index contributed by atoms with van der Waals surface area (Å²) in [6.07, 6.45) is 0.834. The first-order valence-corrected chi connectivity index (χ1v) is 5.04. The first-order chi connectivity index (χ1) is 7.15. The normalized spacial score (nSPS) is 10.1. The average molecular weight is 210 g/mol. The Labute approximate surface area is 89.1 Å². The van der Waals surface area contributed by atoms with Gasteiger partial charge < -0.3 is 4.74 Å². The van der Waals surface area contributed by atoms with Crippen LogP contribution in [0.1, 0.15) is 24.5 Å². The third-order valence-corrected chi connectivity index (χ3v) is 2.28. The molecule has 0 aliphatic carbocycles. The minimum atomic E-state index is -0.235. The summed E-state index contributed by atoms with van der Waals surface area (Å²) in [7, 11) is 0. The van der Waals surface area contributed by atoms with Gasteiger partial charge in [-0.15, -0.1) is 0 Å². The van der Waals surface area contributed by atoms with Gasteiger partial charge in [0, 0.05) is 6.42 Å². The zero-order chi connectivity index (χ0) is 11.3. The second-order valence-electron chi connectivity index (χ2n) is 3.33. The summed E-state index contributed by atoms with van der Waals surface area (Å²) in [5.41, 5.74) is 1.48. The van der Waals surface area contributed by atoms with Crippen molar-refractivity contribution in [3.05, 3.63) is 35.1 Å². The van der Waals surface area contributed by atoms with Gasteiger partial charge in [0.1, 0.15) is 5.82 Å². The lowest BCUT2D eigenvalue weighted by molar-refractivity contribution is -0.143. The van der Waals surface area contributed by atoms with Gasteiger partial charge >= 0.3 is 5.97 Å². The predicted octanol–water partition coefficient (Wildman–Crippen LogP) is 2.63. The maximum Gasteiger partial charge on any atom is 0.306 e. The van der Waals surface area contributed by atoms with Gasteiger partial charge in [0.2, 0.25) is 0 Å². The molecular formula is C12H15FO2. The Morgan fingerprint density at radius 1 is 1.47 bits per heavy atom. The van der Waals surface area contributed by atoms with Crippen LogP contribution in [-0.2, 0) is 16.0 Å². The van der Waals surface area contributed by atoms with E-state index in [1.54, 1.807) is 19.9 Å². The van der Waals surface area contributed by atoms with E-state index in [9.17, 15) is 9.18 Å². The summed E-state index contributed by atoms with van der Waals surface area (Å²) < 4.78 is 17.9. The van der Waals surface area contributed by atoms with Crippen molar-refractivity contribution in [3.63, 3.8) is 0 Å². The minimum absolute atomic E-state index is 0.226. The van der Waals surface area contributed by atoms with Gasteiger partial charge in [0.05, 0.1) is 6.61 Å². The molecule has 3 heteroatoms. The molecule has 2 nitrogen and oxygen atoms in total. The van der Waals surface area contributed by atoms with Crippen LogP contribution < -0.4 is 0 Å². The summed E-state index contributed by atoms with van der Waals surface area (Å²) in [6.45, 7) is 3.88. The number of carbonyl (C=O) groups excluding carboxylic acids is 1. The molecule has 0 aliphatic rings. The summed E-state index contributed by atoms with van der Waals surface area (Å²) in [5.74, 6) is -0.461. The number of halogens is 1. The van der Waals surface area contributed by atoms with Crippen LogP contribution in [-0.4, -0.2) is 12.6 Å². The highest BCUT2D eigenvalue weighted by Gasteiger charge is 2.06. The number of rotatable bonds is 4. The van der Waals surface area contributed by atoms with Crippen molar-refractivity contribution < 1.29 is 13.9 Å². The van der Waals surface area contributed by atoms with Crippen LogP contribution >= 0.6 is 0 Å². The third-order valence-electron chi connectivity index (χ3n) is 2.28. The molecule has 1 aromatic rings. The molecule has 15 heavy (non-hydrogen) atoms. The van der Waals surface area contributed by atoms with Crippen LogP contribution in [0, 0.1) is 12.7 Å². The predicted molar refractivity (Wildman–Crippen MR) is 56.1 cm³/mol. The molecule has 0 spiro atoms. The highest BCUT2D eigenvalue weighted by Crippen LogP contribution is 2.13. The Morgan fingerprint density at radius 2 is 2.20 bits per heavy atom. The van der Waals surface area contributed by atoms with Crippen LogP contribution in [0.5, 0.6) is 0 Å². The molecule has 0 bridgehead atoms. The highest BCUT2D eigenvalue weighted by atomic mass is 19.1. The zero-order valence-corrected chi connectivity index (χ0v) is 9.05. The SMILES string of the molecule is CCOC(=O)CCc1cccc(F)c1C. The molecule has 0 radical (unpaired) electrons. The lowest BCUT2D eigenvalue weighted by Crippen LogP contribution is -2.06. The lowest BCUT2D eigenvalue weighted by atomic mass is 10.0. The Kier molecular flexibility index (Phi) is 4.28. The van der Waals surface area contributed by atoms with Crippen molar-refractivity contribution in [2.75, 3.05) is 6.61 Å². The second-order valence-corrected chi connectivity index (χ2v) is 3.33. The Morgan fingerprint density at radius 3 is 2.87 bits per heavy atom. The summed E-state index contributed by atoms with van der Waals surface area (Å²) in [5, 5.41) is 0. The van der Waals surface area contributed by atoms with Crippen LogP contribution in [0.15, 0.2) is 18.2 Å². The number of esters is 1. The number of hydrogen-bond acceptors (Lipinski definition) is 2. The molecular weight excluding hydrogens is 195 g/mol. The van der Waals surface area contributed by atoms with Gasteiger partial charge in [-0.25, -0.2) is 4.39 Å². The summed E-state index contributed by atoms with van der Waals surface area (Å²) >= 11 is 0. The lowest BCUT2D eigenvalue weighted by Gasteiger charge is -2.06. The maximum atomic E-state index is 13.1. The second kappa shape index (κ2) is 5.49. The van der Waals surface area contributed by atoms with Crippen molar-refractivity contribution >= 4 is 5.97 Å². The maximum absolute atomic E-state index is 13.1.